The second-order valence-corrected chi connectivity index (χ2v) is 11.7. The van der Waals surface area contributed by atoms with E-state index in [-0.39, 0.29) is 49.1 Å². The highest BCUT2D eigenvalue weighted by molar-refractivity contribution is 5.70. The first-order valence-corrected chi connectivity index (χ1v) is 15.9. The SMILES string of the molecule is CCCCC/C=C\C/C=C\CCCCCCCCCC(=O)OC(COCCC(C(=O)[O-])[N+](C)(C)C)COC(=O)CC. The molecule has 0 saturated carbocycles. The number of rotatable bonds is 27. The summed E-state index contributed by atoms with van der Waals surface area (Å²) in [5.74, 6) is -1.85. The number of carbonyl (C=O) groups is 3. The molecule has 41 heavy (non-hydrogen) atoms. The molecule has 0 rings (SSSR count). The molecule has 2 unspecified atom stereocenters. The zero-order chi connectivity index (χ0) is 30.8. The maximum atomic E-state index is 12.4. The van der Waals surface area contributed by atoms with E-state index in [0.29, 0.717) is 6.42 Å². The van der Waals surface area contributed by atoms with Crippen LogP contribution in [0.2, 0.25) is 0 Å². The van der Waals surface area contributed by atoms with Crippen LogP contribution >= 0.6 is 0 Å². The van der Waals surface area contributed by atoms with Gasteiger partial charge in [-0.15, -0.1) is 0 Å². The molecule has 0 amide bonds. The summed E-state index contributed by atoms with van der Waals surface area (Å²) in [5, 5.41) is 11.4. The number of allylic oxidation sites excluding steroid dienone is 4. The first-order valence-electron chi connectivity index (χ1n) is 15.9. The fourth-order valence-electron chi connectivity index (χ4n) is 4.31. The minimum Gasteiger partial charge on any atom is -0.544 e. The normalized spacial score (nSPS) is 13.5. The lowest BCUT2D eigenvalue weighted by Gasteiger charge is -2.34. The Morgan fingerprint density at radius 3 is 1.90 bits per heavy atom. The molecule has 0 aliphatic rings. The van der Waals surface area contributed by atoms with Crippen molar-refractivity contribution in [2.45, 2.75) is 129 Å². The summed E-state index contributed by atoms with van der Waals surface area (Å²) in [6.07, 6.45) is 24.1. The quantitative estimate of drug-likeness (QED) is 0.0533. The third-order valence-corrected chi connectivity index (χ3v) is 6.90. The van der Waals surface area contributed by atoms with E-state index in [4.69, 9.17) is 14.2 Å². The summed E-state index contributed by atoms with van der Waals surface area (Å²) in [6.45, 7) is 4.04. The molecule has 0 radical (unpaired) electrons. The Bertz CT molecular complexity index is 742. The van der Waals surface area contributed by atoms with Crippen molar-refractivity contribution in [3.63, 3.8) is 0 Å². The number of hydrogen-bond donors (Lipinski definition) is 0. The number of carbonyl (C=O) groups excluding carboxylic acids is 3. The number of unbranched alkanes of at least 4 members (excludes halogenated alkanes) is 10. The summed E-state index contributed by atoms with van der Waals surface area (Å²) in [7, 11) is 5.35. The van der Waals surface area contributed by atoms with Crippen molar-refractivity contribution in [3.8, 4) is 0 Å². The molecule has 0 aromatic heterocycles. The predicted molar refractivity (Wildman–Crippen MR) is 162 cm³/mol. The summed E-state index contributed by atoms with van der Waals surface area (Å²) < 4.78 is 16.5. The molecule has 0 saturated heterocycles. The van der Waals surface area contributed by atoms with Crippen molar-refractivity contribution in [2.24, 2.45) is 0 Å². The minimum absolute atomic E-state index is 0.0323. The van der Waals surface area contributed by atoms with Crippen molar-refractivity contribution in [1.29, 1.82) is 0 Å². The van der Waals surface area contributed by atoms with Crippen molar-refractivity contribution >= 4 is 17.9 Å². The number of carboxylic acids is 1. The molecule has 0 aliphatic heterocycles. The molecule has 0 aromatic rings. The molecule has 0 fully saturated rings. The zero-order valence-electron chi connectivity index (χ0n) is 26.7. The lowest BCUT2D eigenvalue weighted by molar-refractivity contribution is -0.889. The van der Waals surface area contributed by atoms with Crippen molar-refractivity contribution in [1.82, 2.24) is 0 Å². The highest BCUT2D eigenvalue weighted by atomic mass is 16.6. The fraction of sp³-hybridized carbons (Fsp3) is 0.788. The number of esters is 2. The van der Waals surface area contributed by atoms with E-state index in [1.807, 2.05) is 0 Å². The van der Waals surface area contributed by atoms with Gasteiger partial charge in [0.2, 0.25) is 0 Å². The van der Waals surface area contributed by atoms with Gasteiger partial charge < -0.3 is 28.6 Å². The maximum Gasteiger partial charge on any atom is 0.306 e. The predicted octanol–water partition coefficient (Wildman–Crippen LogP) is 5.68. The molecular formula is C33H59NO7. The van der Waals surface area contributed by atoms with E-state index in [1.54, 1.807) is 28.1 Å². The Hall–Kier alpha value is -2.19. The van der Waals surface area contributed by atoms with Crippen LogP contribution in [0.1, 0.15) is 117 Å². The van der Waals surface area contributed by atoms with Gasteiger partial charge in [0.25, 0.3) is 0 Å². The third kappa shape index (κ3) is 24.1. The van der Waals surface area contributed by atoms with Crippen LogP contribution in [0.5, 0.6) is 0 Å². The molecule has 0 aliphatic carbocycles. The second kappa shape index (κ2) is 25.5. The minimum atomic E-state index is -1.13. The van der Waals surface area contributed by atoms with Crippen molar-refractivity contribution < 1.29 is 38.2 Å². The summed E-state index contributed by atoms with van der Waals surface area (Å²) in [5.41, 5.74) is 0. The first kappa shape index (κ1) is 38.8. The number of nitrogens with zero attached hydrogens (tertiary/aromatic N) is 1. The van der Waals surface area contributed by atoms with Crippen LogP contribution in [-0.2, 0) is 28.6 Å². The average Bonchev–Trinajstić information content (AvgIpc) is 2.91. The van der Waals surface area contributed by atoms with Gasteiger partial charge in [-0.2, -0.15) is 0 Å². The molecule has 0 heterocycles. The van der Waals surface area contributed by atoms with Gasteiger partial charge in [0, 0.05) is 19.3 Å². The number of likely N-dealkylation sites (N-methyl/N-ethyl adjacent to an activating group) is 1. The molecule has 8 heteroatoms. The van der Waals surface area contributed by atoms with Gasteiger partial charge in [-0.1, -0.05) is 83.1 Å². The number of hydrogen-bond acceptors (Lipinski definition) is 7. The summed E-state index contributed by atoms with van der Waals surface area (Å²) >= 11 is 0. The highest BCUT2D eigenvalue weighted by Gasteiger charge is 2.25. The van der Waals surface area contributed by atoms with Gasteiger partial charge in [-0.25, -0.2) is 0 Å². The van der Waals surface area contributed by atoms with E-state index in [1.165, 1.54) is 51.4 Å². The van der Waals surface area contributed by atoms with Crippen LogP contribution in [-0.4, -0.2) is 75.5 Å². The molecule has 0 N–H and O–H groups in total. The van der Waals surface area contributed by atoms with Crippen LogP contribution < -0.4 is 5.11 Å². The van der Waals surface area contributed by atoms with Crippen LogP contribution in [0.4, 0.5) is 0 Å². The molecule has 238 valence electrons. The van der Waals surface area contributed by atoms with Crippen LogP contribution in [0, 0.1) is 0 Å². The Balaban J connectivity index is 4.07. The number of ether oxygens (including phenoxy) is 3. The highest BCUT2D eigenvalue weighted by Crippen LogP contribution is 2.12. The average molecular weight is 582 g/mol. The van der Waals surface area contributed by atoms with Crippen LogP contribution in [0.15, 0.2) is 24.3 Å². The topological polar surface area (TPSA) is 102 Å². The molecule has 0 aromatic carbocycles. The van der Waals surface area contributed by atoms with Gasteiger partial charge in [-0.3, -0.25) is 9.59 Å². The number of quaternary nitrogens is 1. The van der Waals surface area contributed by atoms with Crippen LogP contribution in [0.3, 0.4) is 0 Å². The number of carboxylic acid groups (broad SMARTS) is 1. The largest absolute Gasteiger partial charge is 0.544 e. The summed E-state index contributed by atoms with van der Waals surface area (Å²) in [4.78, 5) is 35.4. The Kier molecular flexibility index (Phi) is 24.2. The van der Waals surface area contributed by atoms with Gasteiger partial charge in [-0.05, 0) is 38.5 Å². The molecule has 2 atom stereocenters. The first-order chi connectivity index (χ1) is 19.6. The fourth-order valence-corrected chi connectivity index (χ4v) is 4.31. The smallest absolute Gasteiger partial charge is 0.306 e. The van der Waals surface area contributed by atoms with Crippen molar-refractivity contribution in [3.05, 3.63) is 24.3 Å². The van der Waals surface area contributed by atoms with E-state index in [0.717, 1.165) is 32.1 Å². The van der Waals surface area contributed by atoms with E-state index >= 15 is 0 Å². The van der Waals surface area contributed by atoms with Crippen LogP contribution in [0.25, 0.3) is 0 Å². The number of aliphatic carboxylic acids is 1. The van der Waals surface area contributed by atoms with E-state index in [2.05, 4.69) is 31.2 Å². The standard InChI is InChI=1S/C33H59NO7/c1-6-8-9-10-11-12-13-14-15-16-17-18-19-20-21-22-23-24-32(36)41-29(28-40-31(35)7-2)27-39-26-25-30(33(37)38)34(3,4)5/h11-12,14-15,29-30H,6-10,13,16-28H2,1-5H3/b12-11-,15-14-. The molecule has 0 spiro atoms. The molecular weight excluding hydrogens is 522 g/mol. The monoisotopic (exact) mass is 581 g/mol. The molecule has 8 nitrogen and oxygen atoms in total. The van der Waals surface area contributed by atoms with Gasteiger partial charge in [0.1, 0.15) is 12.6 Å². The lowest BCUT2D eigenvalue weighted by atomic mass is 10.1. The van der Waals surface area contributed by atoms with Gasteiger partial charge in [0.05, 0.1) is 40.3 Å². The van der Waals surface area contributed by atoms with E-state index in [9.17, 15) is 19.5 Å². The Morgan fingerprint density at radius 1 is 0.756 bits per heavy atom. The maximum absolute atomic E-state index is 12.4. The Morgan fingerprint density at radius 2 is 1.34 bits per heavy atom. The van der Waals surface area contributed by atoms with Crippen molar-refractivity contribution in [2.75, 3.05) is 41.0 Å². The Labute approximate surface area is 250 Å². The lowest BCUT2D eigenvalue weighted by Crippen LogP contribution is -2.55. The zero-order valence-corrected chi connectivity index (χ0v) is 26.7. The second-order valence-electron chi connectivity index (χ2n) is 11.7. The van der Waals surface area contributed by atoms with Gasteiger partial charge in [0.15, 0.2) is 6.10 Å². The van der Waals surface area contributed by atoms with E-state index < -0.39 is 18.1 Å². The summed E-state index contributed by atoms with van der Waals surface area (Å²) in [6, 6.07) is -0.719. The van der Waals surface area contributed by atoms with Gasteiger partial charge >= 0.3 is 11.9 Å². The molecule has 0 bridgehead atoms. The third-order valence-electron chi connectivity index (χ3n) is 6.90.